The normalized spacial score (nSPS) is 17.2. The average molecular weight is 410 g/mol. The number of amides is 2. The molecule has 0 radical (unpaired) electrons. The molecule has 29 heavy (non-hydrogen) atoms. The molecule has 1 fully saturated rings. The monoisotopic (exact) mass is 410 g/mol. The molecule has 1 unspecified atom stereocenters. The first-order valence-corrected chi connectivity index (χ1v) is 9.56. The van der Waals surface area contributed by atoms with Gasteiger partial charge in [-0.15, -0.1) is 0 Å². The van der Waals surface area contributed by atoms with Gasteiger partial charge in [0.15, 0.2) is 0 Å². The van der Waals surface area contributed by atoms with Gasteiger partial charge in [-0.1, -0.05) is 13.8 Å². The number of nitrogens with zero attached hydrogens (tertiary/aromatic N) is 3. The zero-order valence-corrected chi connectivity index (χ0v) is 16.7. The van der Waals surface area contributed by atoms with E-state index in [1.807, 2.05) is 13.8 Å². The van der Waals surface area contributed by atoms with Crippen molar-refractivity contribution >= 4 is 17.5 Å². The minimum atomic E-state index is -4.66. The van der Waals surface area contributed by atoms with Crippen molar-refractivity contribution in [2.75, 3.05) is 31.6 Å². The molecule has 1 heterocycles. The van der Waals surface area contributed by atoms with Crippen molar-refractivity contribution in [3.8, 4) is 6.07 Å². The van der Waals surface area contributed by atoms with Crippen LogP contribution in [0.2, 0.25) is 0 Å². The lowest BCUT2D eigenvalue weighted by Gasteiger charge is -2.42. The molecule has 6 nitrogen and oxygen atoms in total. The van der Waals surface area contributed by atoms with Crippen molar-refractivity contribution in [1.82, 2.24) is 10.2 Å². The van der Waals surface area contributed by atoms with Gasteiger partial charge >= 0.3 is 6.18 Å². The number of rotatable bonds is 5. The summed E-state index contributed by atoms with van der Waals surface area (Å²) in [5, 5.41) is 11.5. The molecule has 1 atom stereocenters. The molecular weight excluding hydrogens is 385 g/mol. The lowest BCUT2D eigenvalue weighted by atomic mass is 9.99. The number of nitrogens with one attached hydrogen (secondary N) is 1. The number of piperazine rings is 1. The Morgan fingerprint density at radius 3 is 2.45 bits per heavy atom. The Morgan fingerprint density at radius 1 is 1.28 bits per heavy atom. The van der Waals surface area contributed by atoms with E-state index in [1.165, 1.54) is 18.0 Å². The Kier molecular flexibility index (Phi) is 7.11. The first-order chi connectivity index (χ1) is 13.7. The summed E-state index contributed by atoms with van der Waals surface area (Å²) in [7, 11) is 1.46. The molecule has 2 amide bonds. The largest absolute Gasteiger partial charge is 0.417 e. The van der Waals surface area contributed by atoms with Crippen LogP contribution < -0.4 is 10.2 Å². The van der Waals surface area contributed by atoms with Gasteiger partial charge in [0, 0.05) is 38.3 Å². The van der Waals surface area contributed by atoms with Crippen LogP contribution in [0.25, 0.3) is 0 Å². The van der Waals surface area contributed by atoms with Gasteiger partial charge in [0.25, 0.3) is 0 Å². The van der Waals surface area contributed by atoms with Crippen molar-refractivity contribution in [2.45, 2.75) is 38.9 Å². The van der Waals surface area contributed by atoms with E-state index in [1.54, 1.807) is 11.0 Å². The molecule has 0 aliphatic carbocycles. The van der Waals surface area contributed by atoms with Gasteiger partial charge in [-0.25, -0.2) is 0 Å². The summed E-state index contributed by atoms with van der Waals surface area (Å²) in [5.74, 6) is -0.668. The molecule has 2 rings (SSSR count). The summed E-state index contributed by atoms with van der Waals surface area (Å²) in [4.78, 5) is 28.5. The van der Waals surface area contributed by atoms with Crippen LogP contribution in [0.4, 0.5) is 18.9 Å². The lowest BCUT2D eigenvalue weighted by molar-refractivity contribution is -0.144. The number of nitriles is 1. The molecule has 1 aromatic carbocycles. The molecule has 0 bridgehead atoms. The van der Waals surface area contributed by atoms with Gasteiger partial charge in [-0.2, -0.15) is 18.4 Å². The summed E-state index contributed by atoms with van der Waals surface area (Å²) in [6.45, 7) is 4.42. The number of benzene rings is 1. The third-order valence-electron chi connectivity index (χ3n) is 5.34. The second kappa shape index (κ2) is 9.16. The van der Waals surface area contributed by atoms with Gasteiger partial charge in [-0.3, -0.25) is 9.59 Å². The molecule has 0 aromatic heterocycles. The molecule has 1 aliphatic heterocycles. The highest BCUT2D eigenvalue weighted by molar-refractivity contribution is 5.89. The molecular formula is C20H25F3N4O2. The van der Waals surface area contributed by atoms with Gasteiger partial charge in [-0.05, 0) is 31.0 Å². The van der Waals surface area contributed by atoms with Crippen LogP contribution in [0.15, 0.2) is 18.2 Å². The van der Waals surface area contributed by atoms with E-state index in [2.05, 4.69) is 5.32 Å². The van der Waals surface area contributed by atoms with Crippen LogP contribution in [0.3, 0.4) is 0 Å². The Labute approximate surface area is 168 Å². The van der Waals surface area contributed by atoms with Gasteiger partial charge in [0.2, 0.25) is 11.8 Å². The number of anilines is 1. The predicted octanol–water partition coefficient (Wildman–Crippen LogP) is 2.78. The van der Waals surface area contributed by atoms with Crippen molar-refractivity contribution in [3.05, 3.63) is 29.3 Å². The highest BCUT2D eigenvalue weighted by atomic mass is 19.4. The van der Waals surface area contributed by atoms with Crippen LogP contribution in [0, 0.1) is 17.2 Å². The maximum absolute atomic E-state index is 13.3. The van der Waals surface area contributed by atoms with Crippen LogP contribution >= 0.6 is 0 Å². The first kappa shape index (κ1) is 22.5. The number of carbonyl (C=O) groups excluding carboxylic acids is 2. The smallest absolute Gasteiger partial charge is 0.367 e. The molecule has 0 saturated carbocycles. The average Bonchev–Trinajstić information content (AvgIpc) is 2.72. The Bertz CT molecular complexity index is 800. The third kappa shape index (κ3) is 4.81. The quantitative estimate of drug-likeness (QED) is 0.810. The molecule has 1 N–H and O–H groups in total. The zero-order valence-electron chi connectivity index (χ0n) is 16.7. The molecule has 1 saturated heterocycles. The zero-order chi connectivity index (χ0) is 21.8. The lowest BCUT2D eigenvalue weighted by Crippen LogP contribution is -2.61. The fourth-order valence-electron chi connectivity index (χ4n) is 3.61. The third-order valence-corrected chi connectivity index (χ3v) is 5.34. The first-order valence-electron chi connectivity index (χ1n) is 9.56. The molecule has 9 heteroatoms. The molecule has 1 aliphatic rings. The van der Waals surface area contributed by atoms with Gasteiger partial charge in [0.1, 0.15) is 6.04 Å². The van der Waals surface area contributed by atoms with Crippen molar-refractivity contribution < 1.29 is 22.8 Å². The molecule has 158 valence electrons. The summed E-state index contributed by atoms with van der Waals surface area (Å²) in [5.41, 5.74) is -1.20. The van der Waals surface area contributed by atoms with Crippen molar-refractivity contribution in [1.29, 1.82) is 5.26 Å². The van der Waals surface area contributed by atoms with E-state index in [-0.39, 0.29) is 36.5 Å². The summed E-state index contributed by atoms with van der Waals surface area (Å²) >= 11 is 0. The Hall–Kier alpha value is -2.76. The number of hydrogen-bond acceptors (Lipinski definition) is 4. The second-order valence-electron chi connectivity index (χ2n) is 6.96. The number of likely N-dealkylation sites (N-methyl/N-ethyl adjacent to an activating group) is 1. The van der Waals surface area contributed by atoms with E-state index < -0.39 is 23.3 Å². The van der Waals surface area contributed by atoms with Gasteiger partial charge in [0.05, 0.1) is 17.2 Å². The highest BCUT2D eigenvalue weighted by Gasteiger charge is 2.38. The number of halogens is 3. The number of alkyl halides is 3. The summed E-state index contributed by atoms with van der Waals surface area (Å²) in [6.07, 6.45) is -3.35. The van der Waals surface area contributed by atoms with Gasteiger partial charge < -0.3 is 15.1 Å². The van der Waals surface area contributed by atoms with E-state index in [0.717, 1.165) is 12.1 Å². The van der Waals surface area contributed by atoms with E-state index in [0.29, 0.717) is 19.4 Å². The summed E-state index contributed by atoms with van der Waals surface area (Å²) < 4.78 is 39.9. The minimum absolute atomic E-state index is 0.0781. The van der Waals surface area contributed by atoms with Crippen molar-refractivity contribution in [3.63, 3.8) is 0 Å². The van der Waals surface area contributed by atoms with Crippen molar-refractivity contribution in [2.24, 2.45) is 5.92 Å². The SMILES string of the molecule is CCC(CC)C(=O)N1CCN(c2ccc(C#N)c(C(F)(F)F)c2)CC1C(=O)NC. The number of carbonyl (C=O) groups is 2. The molecule has 0 spiro atoms. The second-order valence-corrected chi connectivity index (χ2v) is 6.96. The summed E-state index contributed by atoms with van der Waals surface area (Å²) in [6, 6.07) is 4.26. The molecule has 1 aromatic rings. The predicted molar refractivity (Wildman–Crippen MR) is 102 cm³/mol. The minimum Gasteiger partial charge on any atom is -0.367 e. The highest BCUT2D eigenvalue weighted by Crippen LogP contribution is 2.35. The van der Waals surface area contributed by atoms with E-state index >= 15 is 0 Å². The Balaban J connectivity index is 2.34. The van der Waals surface area contributed by atoms with Crippen LogP contribution in [-0.4, -0.2) is 49.4 Å². The fraction of sp³-hybridized carbons (Fsp3) is 0.550. The topological polar surface area (TPSA) is 76.4 Å². The van der Waals surface area contributed by atoms with E-state index in [4.69, 9.17) is 5.26 Å². The van der Waals surface area contributed by atoms with E-state index in [9.17, 15) is 22.8 Å². The van der Waals surface area contributed by atoms with Crippen LogP contribution in [0.5, 0.6) is 0 Å². The van der Waals surface area contributed by atoms with Crippen LogP contribution in [0.1, 0.15) is 37.8 Å². The fourth-order valence-corrected chi connectivity index (χ4v) is 3.61. The maximum atomic E-state index is 13.3. The number of hydrogen-bond donors (Lipinski definition) is 1. The van der Waals surface area contributed by atoms with Crippen LogP contribution in [-0.2, 0) is 15.8 Å². The maximum Gasteiger partial charge on any atom is 0.417 e. The Morgan fingerprint density at radius 2 is 1.93 bits per heavy atom. The standard InChI is InChI=1S/C20H25F3N4O2/c1-4-13(5-2)19(29)27-9-8-26(12-17(27)18(28)25-3)15-7-6-14(11-24)16(10-15)20(21,22)23/h6-7,10,13,17H,4-5,8-9,12H2,1-3H3,(H,25,28).